The fourth-order valence-electron chi connectivity index (χ4n) is 2.14. The van der Waals surface area contributed by atoms with E-state index >= 15 is 0 Å². The molecular weight excluding hydrogens is 342 g/mol. The molecular formula is C17H17N3O4S. The quantitative estimate of drug-likeness (QED) is 0.819. The molecule has 130 valence electrons. The van der Waals surface area contributed by atoms with Crippen molar-refractivity contribution in [2.24, 2.45) is 0 Å². The summed E-state index contributed by atoms with van der Waals surface area (Å²) in [5.41, 5.74) is 1.56. The van der Waals surface area contributed by atoms with Crippen molar-refractivity contribution in [3.05, 3.63) is 53.6 Å². The van der Waals surface area contributed by atoms with Gasteiger partial charge in [-0.1, -0.05) is 12.1 Å². The van der Waals surface area contributed by atoms with Crippen molar-refractivity contribution in [2.75, 3.05) is 19.5 Å². The van der Waals surface area contributed by atoms with Gasteiger partial charge in [0.05, 0.1) is 19.6 Å². The Bertz CT molecular complexity index is 916. The van der Waals surface area contributed by atoms with Crippen LogP contribution < -0.4 is 14.8 Å². The van der Waals surface area contributed by atoms with Crippen LogP contribution in [0.3, 0.4) is 0 Å². The van der Waals surface area contributed by atoms with E-state index in [0.717, 1.165) is 5.56 Å². The number of hydrogen-bond donors (Lipinski definition) is 2. The van der Waals surface area contributed by atoms with E-state index in [1.54, 1.807) is 24.3 Å². The molecule has 0 saturated carbocycles. The van der Waals surface area contributed by atoms with Crippen molar-refractivity contribution < 1.29 is 17.9 Å². The third kappa shape index (κ3) is 4.35. The van der Waals surface area contributed by atoms with Gasteiger partial charge in [0.2, 0.25) is 10.0 Å². The fourth-order valence-corrected chi connectivity index (χ4v) is 3.06. The van der Waals surface area contributed by atoms with Gasteiger partial charge in [0, 0.05) is 11.3 Å². The van der Waals surface area contributed by atoms with E-state index < -0.39 is 15.9 Å². The molecule has 0 aliphatic rings. The second-order valence-electron chi connectivity index (χ2n) is 5.06. The minimum absolute atomic E-state index is 0.116. The van der Waals surface area contributed by atoms with Gasteiger partial charge in [-0.25, -0.2) is 13.1 Å². The molecule has 0 saturated heterocycles. The van der Waals surface area contributed by atoms with Crippen LogP contribution in [0, 0.1) is 11.3 Å². The zero-order valence-corrected chi connectivity index (χ0v) is 14.6. The van der Waals surface area contributed by atoms with Gasteiger partial charge < -0.3 is 10.1 Å². The number of rotatable bonds is 6. The molecule has 0 spiro atoms. The van der Waals surface area contributed by atoms with E-state index in [-0.39, 0.29) is 22.6 Å². The normalized spacial score (nSPS) is 10.8. The summed E-state index contributed by atoms with van der Waals surface area (Å²) < 4.78 is 31.4. The number of carbonyl (C=O) groups is 1. The lowest BCUT2D eigenvalue weighted by Gasteiger charge is -2.11. The molecule has 0 aliphatic heterocycles. The molecule has 0 bridgehead atoms. The van der Waals surface area contributed by atoms with Crippen molar-refractivity contribution in [1.29, 1.82) is 5.26 Å². The zero-order valence-electron chi connectivity index (χ0n) is 13.7. The van der Waals surface area contributed by atoms with E-state index in [1.165, 1.54) is 32.4 Å². The Labute approximate surface area is 146 Å². The molecule has 8 heteroatoms. The maximum Gasteiger partial charge on any atom is 0.255 e. The first-order chi connectivity index (χ1) is 11.9. The lowest BCUT2D eigenvalue weighted by molar-refractivity contribution is 0.102. The third-order valence-electron chi connectivity index (χ3n) is 3.48. The summed E-state index contributed by atoms with van der Waals surface area (Å²) in [6, 6.07) is 13.0. The molecule has 2 rings (SSSR count). The zero-order chi connectivity index (χ0) is 18.4. The second-order valence-corrected chi connectivity index (χ2v) is 6.91. The van der Waals surface area contributed by atoms with Gasteiger partial charge in [-0.2, -0.15) is 5.26 Å². The van der Waals surface area contributed by atoms with Crippen molar-refractivity contribution in [2.45, 2.75) is 11.3 Å². The molecule has 0 aromatic heterocycles. The lowest BCUT2D eigenvalue weighted by atomic mass is 10.1. The molecule has 2 aromatic carbocycles. The Morgan fingerprint density at radius 2 is 1.88 bits per heavy atom. The first-order valence-electron chi connectivity index (χ1n) is 7.30. The Balaban J connectivity index is 2.27. The summed E-state index contributed by atoms with van der Waals surface area (Å²) >= 11 is 0. The molecule has 0 heterocycles. The summed E-state index contributed by atoms with van der Waals surface area (Å²) in [6.45, 7) is 0. The fraction of sp³-hybridized carbons (Fsp3) is 0.176. The molecule has 25 heavy (non-hydrogen) atoms. The number of hydrogen-bond acceptors (Lipinski definition) is 5. The molecule has 0 aliphatic carbocycles. The summed E-state index contributed by atoms with van der Waals surface area (Å²) in [5.74, 6) is -0.310. The number of nitriles is 1. The van der Waals surface area contributed by atoms with Crippen LogP contribution in [0.25, 0.3) is 0 Å². The minimum Gasteiger partial charge on any atom is -0.495 e. The van der Waals surface area contributed by atoms with E-state index in [4.69, 9.17) is 10.00 Å². The topological polar surface area (TPSA) is 108 Å². The molecule has 2 aromatic rings. The van der Waals surface area contributed by atoms with Gasteiger partial charge in [0.25, 0.3) is 5.91 Å². The highest BCUT2D eigenvalue weighted by molar-refractivity contribution is 7.89. The number of nitrogens with zero attached hydrogens (tertiary/aromatic N) is 1. The maximum absolute atomic E-state index is 12.4. The van der Waals surface area contributed by atoms with Crippen molar-refractivity contribution in [1.82, 2.24) is 4.72 Å². The van der Waals surface area contributed by atoms with Crippen molar-refractivity contribution in [3.63, 3.8) is 0 Å². The average molecular weight is 359 g/mol. The standard InChI is InChI=1S/C17H17N3O4S/c1-19-25(22,23)16-11-13(5-8-15(16)24-2)17(21)20-14-6-3-12(4-7-14)9-10-18/h3-8,11,19H,9H2,1-2H3,(H,20,21). The van der Waals surface area contributed by atoms with E-state index in [9.17, 15) is 13.2 Å². The third-order valence-corrected chi connectivity index (χ3v) is 4.91. The second kappa shape index (κ2) is 7.79. The van der Waals surface area contributed by atoms with Crippen molar-refractivity contribution in [3.8, 4) is 11.8 Å². The van der Waals surface area contributed by atoms with Crippen LogP contribution in [0.5, 0.6) is 5.75 Å². The summed E-state index contributed by atoms with van der Waals surface area (Å²) in [6.07, 6.45) is 0.290. The maximum atomic E-state index is 12.4. The van der Waals surface area contributed by atoms with Gasteiger partial charge in [-0.05, 0) is 42.9 Å². The average Bonchev–Trinajstić information content (AvgIpc) is 2.63. The molecule has 2 N–H and O–H groups in total. The van der Waals surface area contributed by atoms with Crippen LogP contribution in [-0.2, 0) is 16.4 Å². The number of benzene rings is 2. The van der Waals surface area contributed by atoms with Crippen LogP contribution in [0.15, 0.2) is 47.4 Å². The number of anilines is 1. The van der Waals surface area contributed by atoms with Gasteiger partial charge in [0.15, 0.2) is 0 Å². The predicted octanol–water partition coefficient (Wildman–Crippen LogP) is 1.92. The lowest BCUT2D eigenvalue weighted by Crippen LogP contribution is -2.20. The summed E-state index contributed by atoms with van der Waals surface area (Å²) in [5, 5.41) is 11.3. The van der Waals surface area contributed by atoms with Crippen LogP contribution in [0.1, 0.15) is 15.9 Å². The Hall–Kier alpha value is -2.89. The van der Waals surface area contributed by atoms with E-state index in [2.05, 4.69) is 10.0 Å². The first-order valence-corrected chi connectivity index (χ1v) is 8.78. The Morgan fingerprint density at radius 3 is 2.44 bits per heavy atom. The van der Waals surface area contributed by atoms with Crippen LogP contribution in [0.4, 0.5) is 5.69 Å². The number of carbonyl (C=O) groups excluding carboxylic acids is 1. The summed E-state index contributed by atoms with van der Waals surface area (Å²) in [7, 11) is -1.13. The Kier molecular flexibility index (Phi) is 5.75. The molecule has 0 radical (unpaired) electrons. The van der Waals surface area contributed by atoms with Gasteiger partial charge in [-0.15, -0.1) is 0 Å². The van der Waals surface area contributed by atoms with Gasteiger partial charge in [-0.3, -0.25) is 4.79 Å². The highest BCUT2D eigenvalue weighted by atomic mass is 32.2. The summed E-state index contributed by atoms with van der Waals surface area (Å²) in [4.78, 5) is 12.3. The monoisotopic (exact) mass is 359 g/mol. The highest BCUT2D eigenvalue weighted by Gasteiger charge is 2.20. The molecule has 0 fully saturated rings. The highest BCUT2D eigenvalue weighted by Crippen LogP contribution is 2.25. The number of amides is 1. The number of methoxy groups -OCH3 is 1. The number of sulfonamides is 1. The van der Waals surface area contributed by atoms with Crippen LogP contribution in [0.2, 0.25) is 0 Å². The number of ether oxygens (including phenoxy) is 1. The minimum atomic E-state index is -3.77. The number of nitrogens with one attached hydrogen (secondary N) is 2. The van der Waals surface area contributed by atoms with Gasteiger partial charge >= 0.3 is 0 Å². The molecule has 0 unspecified atom stereocenters. The van der Waals surface area contributed by atoms with Crippen LogP contribution in [-0.4, -0.2) is 28.5 Å². The Morgan fingerprint density at radius 1 is 1.20 bits per heavy atom. The predicted molar refractivity (Wildman–Crippen MR) is 93.0 cm³/mol. The van der Waals surface area contributed by atoms with Crippen molar-refractivity contribution >= 4 is 21.6 Å². The largest absolute Gasteiger partial charge is 0.495 e. The molecule has 7 nitrogen and oxygen atoms in total. The van der Waals surface area contributed by atoms with Gasteiger partial charge in [0.1, 0.15) is 10.6 Å². The molecule has 0 atom stereocenters. The van der Waals surface area contributed by atoms with Crippen LogP contribution >= 0.6 is 0 Å². The molecule has 1 amide bonds. The SMILES string of the molecule is CNS(=O)(=O)c1cc(C(=O)Nc2ccc(CC#N)cc2)ccc1OC. The first kappa shape index (κ1) is 18.4. The van der Waals surface area contributed by atoms with E-state index in [0.29, 0.717) is 5.69 Å². The van der Waals surface area contributed by atoms with E-state index in [1.807, 2.05) is 6.07 Å². The smallest absolute Gasteiger partial charge is 0.255 e.